The quantitative estimate of drug-likeness (QED) is 0.174. The molecular weight excluding hydrogens is 384 g/mol. The normalized spacial score (nSPS) is 11.5. The maximum atomic E-state index is 12.1. The molecule has 0 aliphatic rings. The van der Waals surface area contributed by atoms with E-state index in [1.165, 1.54) is 77.0 Å². The van der Waals surface area contributed by atoms with Crippen LogP contribution in [0.3, 0.4) is 0 Å². The van der Waals surface area contributed by atoms with Crippen LogP contribution in [-0.2, 0) is 9.59 Å². The topological polar surface area (TPSA) is 58.2 Å². The van der Waals surface area contributed by atoms with Gasteiger partial charge in [-0.3, -0.25) is 9.59 Å². The third kappa shape index (κ3) is 21.9. The van der Waals surface area contributed by atoms with Crippen LogP contribution in [0.5, 0.6) is 0 Å². The summed E-state index contributed by atoms with van der Waals surface area (Å²) >= 11 is 0. The van der Waals surface area contributed by atoms with Crippen molar-refractivity contribution >= 4 is 11.8 Å². The third-order valence-electron chi connectivity index (χ3n) is 6.04. The molecule has 0 unspecified atom stereocenters. The molecule has 2 amide bonds. The van der Waals surface area contributed by atoms with Crippen molar-refractivity contribution in [1.29, 1.82) is 0 Å². The first-order valence-electron chi connectivity index (χ1n) is 13.4. The van der Waals surface area contributed by atoms with Crippen molar-refractivity contribution in [1.82, 2.24) is 10.6 Å². The molecule has 0 fully saturated rings. The Hall–Kier alpha value is -1.06. The lowest BCUT2D eigenvalue weighted by Crippen LogP contribution is -2.42. The van der Waals surface area contributed by atoms with E-state index in [1.54, 1.807) is 0 Å². The molecule has 4 nitrogen and oxygen atoms in total. The van der Waals surface area contributed by atoms with Crippen LogP contribution in [0.15, 0.2) is 0 Å². The first-order valence-corrected chi connectivity index (χ1v) is 13.4. The van der Waals surface area contributed by atoms with Gasteiger partial charge in [-0.2, -0.15) is 0 Å². The highest BCUT2D eigenvalue weighted by Crippen LogP contribution is 2.14. The molecule has 0 saturated carbocycles. The largest absolute Gasteiger partial charge is 0.356 e. The van der Waals surface area contributed by atoms with E-state index in [9.17, 15) is 9.59 Å². The molecule has 0 saturated heterocycles. The molecule has 0 spiro atoms. The van der Waals surface area contributed by atoms with Crippen molar-refractivity contribution < 1.29 is 9.59 Å². The fraction of sp³-hybridized carbons (Fsp3) is 0.926. The first-order chi connectivity index (χ1) is 14.9. The fourth-order valence-corrected chi connectivity index (χ4v) is 3.75. The summed E-state index contributed by atoms with van der Waals surface area (Å²) in [5, 5.41) is 6.11. The van der Waals surface area contributed by atoms with E-state index in [-0.39, 0.29) is 17.2 Å². The summed E-state index contributed by atoms with van der Waals surface area (Å²) in [7, 11) is 0. The van der Waals surface area contributed by atoms with Gasteiger partial charge in [-0.05, 0) is 18.3 Å². The summed E-state index contributed by atoms with van der Waals surface area (Å²) in [6.45, 7) is 9.90. The van der Waals surface area contributed by atoms with Gasteiger partial charge in [0.25, 0.3) is 0 Å². The van der Waals surface area contributed by atoms with E-state index < -0.39 is 0 Å². The summed E-state index contributed by atoms with van der Waals surface area (Å²) in [6.07, 6.45) is 21.2. The first kappa shape index (κ1) is 29.9. The lowest BCUT2D eigenvalue weighted by Gasteiger charge is -2.25. The Bertz CT molecular complexity index is 397. The van der Waals surface area contributed by atoms with Crippen LogP contribution in [0.1, 0.15) is 143 Å². The summed E-state index contributed by atoms with van der Waals surface area (Å²) in [5.74, 6) is 0.286. The Balaban J connectivity index is 3.64. The second-order valence-corrected chi connectivity index (χ2v) is 10.2. The zero-order valence-electron chi connectivity index (χ0n) is 21.5. The van der Waals surface area contributed by atoms with Gasteiger partial charge in [-0.25, -0.2) is 0 Å². The van der Waals surface area contributed by atoms with Crippen LogP contribution in [0.25, 0.3) is 0 Å². The second kappa shape index (κ2) is 20.8. The van der Waals surface area contributed by atoms with Gasteiger partial charge >= 0.3 is 0 Å². The van der Waals surface area contributed by atoms with E-state index >= 15 is 0 Å². The molecule has 0 rings (SSSR count). The lowest BCUT2D eigenvalue weighted by molar-refractivity contribution is -0.121. The number of carbonyl (C=O) groups is 2. The molecule has 0 heterocycles. The smallest absolute Gasteiger partial charge is 0.220 e. The average Bonchev–Trinajstić information content (AvgIpc) is 2.75. The number of unbranched alkanes of at least 4 members (excludes halogenated alkanes) is 14. The number of rotatable bonds is 22. The number of carbonyl (C=O) groups excluding carboxylic acids is 2. The molecule has 0 aromatic carbocycles. The van der Waals surface area contributed by atoms with Crippen molar-refractivity contribution in [3.05, 3.63) is 0 Å². The molecule has 0 atom stereocenters. The van der Waals surface area contributed by atoms with Crippen LogP contribution < -0.4 is 10.6 Å². The Kier molecular flexibility index (Phi) is 20.1. The lowest BCUT2D eigenvalue weighted by atomic mass is 9.93. The van der Waals surface area contributed by atoms with Crippen molar-refractivity contribution in [3.8, 4) is 0 Å². The van der Waals surface area contributed by atoms with E-state index in [0.717, 1.165) is 25.7 Å². The van der Waals surface area contributed by atoms with Gasteiger partial charge in [0, 0.05) is 25.9 Å². The molecule has 0 bridgehead atoms. The molecule has 184 valence electrons. The number of nitrogens with one attached hydrogen (secondary N) is 2. The summed E-state index contributed by atoms with van der Waals surface area (Å²) in [6, 6.07) is 0. The van der Waals surface area contributed by atoms with Crippen molar-refractivity contribution in [2.75, 3.05) is 13.1 Å². The number of hydrogen-bond acceptors (Lipinski definition) is 2. The van der Waals surface area contributed by atoms with Gasteiger partial charge < -0.3 is 10.6 Å². The van der Waals surface area contributed by atoms with Gasteiger partial charge in [0.15, 0.2) is 0 Å². The number of hydrogen-bond donors (Lipinski definition) is 2. The molecule has 0 aliphatic carbocycles. The minimum Gasteiger partial charge on any atom is -0.356 e. The summed E-state index contributed by atoms with van der Waals surface area (Å²) in [4.78, 5) is 24.2. The van der Waals surface area contributed by atoms with Crippen molar-refractivity contribution in [3.63, 3.8) is 0 Å². The Morgan fingerprint density at radius 1 is 0.516 bits per heavy atom. The minimum atomic E-state index is -0.121. The molecule has 0 aromatic rings. The minimum absolute atomic E-state index is 0.121. The fourth-order valence-electron chi connectivity index (χ4n) is 3.75. The van der Waals surface area contributed by atoms with Crippen LogP contribution in [0.4, 0.5) is 0 Å². The van der Waals surface area contributed by atoms with E-state index in [0.29, 0.717) is 25.9 Å². The van der Waals surface area contributed by atoms with Gasteiger partial charge in [-0.1, -0.05) is 118 Å². The Labute approximate surface area is 194 Å². The highest BCUT2D eigenvalue weighted by Gasteiger charge is 2.19. The zero-order valence-corrected chi connectivity index (χ0v) is 21.5. The standard InChI is InChI=1S/C27H54N2O2/c1-5-7-9-11-13-15-17-19-21-25(30)28-23-27(3,4)24-29-26(31)22-20-18-16-14-12-10-8-6-2/h5-24H2,1-4H3,(H,28,30)(H,29,31). The summed E-state index contributed by atoms with van der Waals surface area (Å²) in [5.41, 5.74) is -0.121. The van der Waals surface area contributed by atoms with Gasteiger partial charge in [0.05, 0.1) is 0 Å². The Morgan fingerprint density at radius 2 is 0.806 bits per heavy atom. The SMILES string of the molecule is CCCCCCCCCCC(=O)NCC(C)(C)CNC(=O)CCCCCCCCCC. The molecule has 0 aliphatic heterocycles. The Morgan fingerprint density at radius 3 is 1.13 bits per heavy atom. The van der Waals surface area contributed by atoms with Gasteiger partial charge in [0.1, 0.15) is 0 Å². The van der Waals surface area contributed by atoms with E-state index in [2.05, 4.69) is 38.3 Å². The third-order valence-corrected chi connectivity index (χ3v) is 6.04. The maximum absolute atomic E-state index is 12.1. The van der Waals surface area contributed by atoms with Crippen molar-refractivity contribution in [2.24, 2.45) is 5.41 Å². The van der Waals surface area contributed by atoms with Crippen molar-refractivity contribution in [2.45, 2.75) is 143 Å². The number of amides is 2. The predicted molar refractivity (Wildman–Crippen MR) is 134 cm³/mol. The highest BCUT2D eigenvalue weighted by atomic mass is 16.2. The maximum Gasteiger partial charge on any atom is 0.220 e. The predicted octanol–water partition coefficient (Wildman–Crippen LogP) is 7.31. The van der Waals surface area contributed by atoms with Crippen LogP contribution in [0.2, 0.25) is 0 Å². The molecular formula is C27H54N2O2. The van der Waals surface area contributed by atoms with E-state index in [4.69, 9.17) is 0 Å². The van der Waals surface area contributed by atoms with E-state index in [1.807, 2.05) is 0 Å². The monoisotopic (exact) mass is 438 g/mol. The second-order valence-electron chi connectivity index (χ2n) is 10.2. The van der Waals surface area contributed by atoms with Gasteiger partial charge in [0.2, 0.25) is 11.8 Å². The zero-order chi connectivity index (χ0) is 23.2. The molecule has 4 heteroatoms. The molecule has 2 N–H and O–H groups in total. The molecule has 0 radical (unpaired) electrons. The van der Waals surface area contributed by atoms with Crippen LogP contribution in [0, 0.1) is 5.41 Å². The van der Waals surface area contributed by atoms with Crippen LogP contribution in [-0.4, -0.2) is 24.9 Å². The summed E-state index contributed by atoms with van der Waals surface area (Å²) < 4.78 is 0. The van der Waals surface area contributed by atoms with Gasteiger partial charge in [-0.15, -0.1) is 0 Å². The molecule has 31 heavy (non-hydrogen) atoms. The van der Waals surface area contributed by atoms with Crippen LogP contribution >= 0.6 is 0 Å². The molecule has 0 aromatic heterocycles. The highest BCUT2D eigenvalue weighted by molar-refractivity contribution is 5.76. The average molecular weight is 439 g/mol.